The first-order valence-electron chi connectivity index (χ1n) is 8.92. The molecule has 3 nitrogen and oxygen atoms in total. The summed E-state index contributed by atoms with van der Waals surface area (Å²) < 4.78 is 12.2. The molecule has 0 radical (unpaired) electrons. The van der Waals surface area contributed by atoms with Crippen molar-refractivity contribution in [3.63, 3.8) is 0 Å². The number of halogens is 1. The average molecular weight is 407 g/mol. The molecule has 0 saturated carbocycles. The number of Topliss-reactive ketones (excluding diaryl/α,β-unsaturated/α-hetero) is 1. The van der Waals surface area contributed by atoms with Gasteiger partial charge in [0.15, 0.2) is 12.1 Å². The first-order chi connectivity index (χ1) is 12.1. The summed E-state index contributed by atoms with van der Waals surface area (Å²) >= 11 is 3.39. The number of rotatable bonds is 8. The van der Waals surface area contributed by atoms with Crippen LogP contribution in [-0.4, -0.2) is 25.3 Å². The Hall–Kier alpha value is -1.23. The van der Waals surface area contributed by atoms with Crippen LogP contribution in [0.4, 0.5) is 0 Å². The SMILES string of the molecule is CC(=CCOC1CCCCO1)CCC=C(C)C(=O)c1ccc(Br)cc1. The number of ketones is 1. The van der Waals surface area contributed by atoms with Crippen molar-refractivity contribution in [1.82, 2.24) is 0 Å². The maximum Gasteiger partial charge on any atom is 0.188 e. The zero-order valence-corrected chi connectivity index (χ0v) is 16.7. The van der Waals surface area contributed by atoms with Crippen molar-refractivity contribution in [2.24, 2.45) is 0 Å². The molecule has 1 saturated heterocycles. The zero-order valence-electron chi connectivity index (χ0n) is 15.1. The molecule has 1 aromatic rings. The van der Waals surface area contributed by atoms with Crippen LogP contribution in [-0.2, 0) is 9.47 Å². The van der Waals surface area contributed by atoms with Crippen LogP contribution in [0.2, 0.25) is 0 Å². The highest BCUT2D eigenvalue weighted by molar-refractivity contribution is 9.10. The molecule has 0 aliphatic carbocycles. The van der Waals surface area contributed by atoms with Gasteiger partial charge in [0.2, 0.25) is 0 Å². The fraction of sp³-hybridized carbons (Fsp3) is 0.476. The summed E-state index contributed by atoms with van der Waals surface area (Å²) in [7, 11) is 0. The van der Waals surface area contributed by atoms with Crippen LogP contribution < -0.4 is 0 Å². The van der Waals surface area contributed by atoms with E-state index in [2.05, 4.69) is 28.9 Å². The first-order valence-corrected chi connectivity index (χ1v) is 9.71. The Morgan fingerprint density at radius 3 is 2.68 bits per heavy atom. The van der Waals surface area contributed by atoms with Gasteiger partial charge in [-0.3, -0.25) is 4.79 Å². The third-order valence-electron chi connectivity index (χ3n) is 4.31. The van der Waals surface area contributed by atoms with Crippen molar-refractivity contribution in [2.75, 3.05) is 13.2 Å². The van der Waals surface area contributed by atoms with Crippen LogP contribution in [0.5, 0.6) is 0 Å². The number of benzene rings is 1. The Morgan fingerprint density at radius 2 is 2.00 bits per heavy atom. The summed E-state index contributed by atoms with van der Waals surface area (Å²) in [5.41, 5.74) is 2.79. The van der Waals surface area contributed by atoms with Crippen molar-refractivity contribution in [2.45, 2.75) is 52.2 Å². The van der Waals surface area contributed by atoms with E-state index in [1.807, 2.05) is 37.3 Å². The lowest BCUT2D eigenvalue weighted by Crippen LogP contribution is -2.22. The second-order valence-electron chi connectivity index (χ2n) is 6.44. The molecule has 25 heavy (non-hydrogen) atoms. The predicted octanol–water partition coefficient (Wildman–Crippen LogP) is 5.85. The molecule has 0 N–H and O–H groups in total. The zero-order chi connectivity index (χ0) is 18.1. The van der Waals surface area contributed by atoms with E-state index < -0.39 is 0 Å². The molecule has 0 aromatic heterocycles. The van der Waals surface area contributed by atoms with E-state index in [4.69, 9.17) is 9.47 Å². The maximum atomic E-state index is 12.3. The number of hydrogen-bond donors (Lipinski definition) is 0. The number of carbonyl (C=O) groups excluding carboxylic acids is 1. The lowest BCUT2D eigenvalue weighted by molar-refractivity contribution is -0.155. The van der Waals surface area contributed by atoms with Gasteiger partial charge >= 0.3 is 0 Å². The third kappa shape index (κ3) is 7.27. The molecule has 1 aliphatic rings. The first kappa shape index (κ1) is 20.1. The van der Waals surface area contributed by atoms with Gasteiger partial charge in [-0.15, -0.1) is 0 Å². The van der Waals surface area contributed by atoms with Crippen molar-refractivity contribution in [3.05, 3.63) is 57.6 Å². The minimum absolute atomic E-state index is 0.0385. The Morgan fingerprint density at radius 1 is 1.24 bits per heavy atom. The van der Waals surface area contributed by atoms with Gasteiger partial charge < -0.3 is 9.47 Å². The van der Waals surface area contributed by atoms with E-state index in [-0.39, 0.29) is 12.1 Å². The molecule has 136 valence electrons. The van der Waals surface area contributed by atoms with Crippen LogP contribution in [0, 0.1) is 0 Å². The molecule has 1 aliphatic heterocycles. The molecule has 1 atom stereocenters. The van der Waals surface area contributed by atoms with Crippen molar-refractivity contribution < 1.29 is 14.3 Å². The van der Waals surface area contributed by atoms with E-state index in [0.29, 0.717) is 6.61 Å². The highest BCUT2D eigenvalue weighted by atomic mass is 79.9. The fourth-order valence-electron chi connectivity index (χ4n) is 2.68. The molecule has 1 heterocycles. The summed E-state index contributed by atoms with van der Waals surface area (Å²) in [6, 6.07) is 7.48. The summed E-state index contributed by atoms with van der Waals surface area (Å²) in [6.45, 7) is 5.39. The monoisotopic (exact) mass is 406 g/mol. The minimum Gasteiger partial charge on any atom is -0.353 e. The van der Waals surface area contributed by atoms with Crippen molar-refractivity contribution in [3.8, 4) is 0 Å². The Labute approximate surface area is 159 Å². The van der Waals surface area contributed by atoms with E-state index >= 15 is 0 Å². The largest absolute Gasteiger partial charge is 0.353 e. The smallest absolute Gasteiger partial charge is 0.188 e. The van der Waals surface area contributed by atoms with E-state index in [1.165, 1.54) is 12.0 Å². The Balaban J connectivity index is 1.73. The van der Waals surface area contributed by atoms with Crippen molar-refractivity contribution in [1.29, 1.82) is 0 Å². The summed E-state index contributed by atoms with van der Waals surface area (Å²) in [4.78, 5) is 12.3. The quantitative estimate of drug-likeness (QED) is 0.308. The number of carbonyl (C=O) groups is 1. The van der Waals surface area contributed by atoms with Gasteiger partial charge in [-0.25, -0.2) is 0 Å². The highest BCUT2D eigenvalue weighted by Crippen LogP contribution is 2.16. The van der Waals surface area contributed by atoms with Crippen LogP contribution in [0.1, 0.15) is 56.3 Å². The molecule has 1 fully saturated rings. The van der Waals surface area contributed by atoms with Crippen LogP contribution in [0.3, 0.4) is 0 Å². The van der Waals surface area contributed by atoms with E-state index in [0.717, 1.165) is 47.9 Å². The van der Waals surface area contributed by atoms with Crippen LogP contribution >= 0.6 is 15.9 Å². The summed E-state index contributed by atoms with van der Waals surface area (Å²) in [5.74, 6) is 0.0897. The average Bonchev–Trinajstić information content (AvgIpc) is 2.62. The van der Waals surface area contributed by atoms with Crippen molar-refractivity contribution >= 4 is 21.7 Å². The normalized spacial score (nSPS) is 19.1. The maximum absolute atomic E-state index is 12.3. The van der Waals surface area contributed by atoms with Gasteiger partial charge in [0, 0.05) is 16.6 Å². The van der Waals surface area contributed by atoms with E-state index in [1.54, 1.807) is 0 Å². The molecule has 1 unspecified atom stereocenters. The number of hydrogen-bond acceptors (Lipinski definition) is 3. The van der Waals surface area contributed by atoms with Gasteiger partial charge in [-0.2, -0.15) is 0 Å². The van der Waals surface area contributed by atoms with Crippen LogP contribution in [0.25, 0.3) is 0 Å². The third-order valence-corrected chi connectivity index (χ3v) is 4.83. The lowest BCUT2D eigenvalue weighted by atomic mass is 10.0. The molecule has 4 heteroatoms. The summed E-state index contributed by atoms with van der Waals surface area (Å²) in [6.07, 6.45) is 9.19. The molecule has 0 spiro atoms. The topological polar surface area (TPSA) is 35.5 Å². The van der Waals surface area contributed by atoms with E-state index in [9.17, 15) is 4.79 Å². The number of ether oxygens (including phenoxy) is 2. The minimum atomic E-state index is -0.0385. The highest BCUT2D eigenvalue weighted by Gasteiger charge is 2.13. The second-order valence-corrected chi connectivity index (χ2v) is 7.36. The molecule has 1 aromatic carbocycles. The predicted molar refractivity (Wildman–Crippen MR) is 105 cm³/mol. The second kappa shape index (κ2) is 10.7. The Kier molecular flexibility index (Phi) is 8.59. The standard InChI is InChI=1S/C21H27BrO3/c1-16(13-15-25-20-8-3-4-14-24-20)6-5-7-17(2)21(23)18-9-11-19(22)12-10-18/h7,9-13,20H,3-6,8,14-15H2,1-2H3. The summed E-state index contributed by atoms with van der Waals surface area (Å²) in [5, 5.41) is 0. The van der Waals surface area contributed by atoms with Gasteiger partial charge in [-0.1, -0.05) is 33.7 Å². The van der Waals surface area contributed by atoms with Gasteiger partial charge in [0.05, 0.1) is 6.61 Å². The molecule has 0 amide bonds. The van der Waals surface area contributed by atoms with Gasteiger partial charge in [0.25, 0.3) is 0 Å². The number of allylic oxidation sites excluding steroid dienone is 3. The van der Waals surface area contributed by atoms with Gasteiger partial charge in [-0.05, 0) is 75.8 Å². The molecular weight excluding hydrogens is 380 g/mol. The fourth-order valence-corrected chi connectivity index (χ4v) is 2.94. The van der Waals surface area contributed by atoms with Crippen LogP contribution in [0.15, 0.2) is 52.0 Å². The molecular formula is C21H27BrO3. The lowest BCUT2D eigenvalue weighted by Gasteiger charge is -2.22. The Bertz CT molecular complexity index is 611. The molecule has 2 rings (SSSR count). The molecule has 0 bridgehead atoms. The van der Waals surface area contributed by atoms with Gasteiger partial charge in [0.1, 0.15) is 0 Å².